The number of aromatic nitrogens is 2. The molecule has 0 aliphatic carbocycles. The van der Waals surface area contributed by atoms with Gasteiger partial charge in [0, 0.05) is 24.8 Å². The molecule has 1 aliphatic rings. The minimum absolute atomic E-state index is 0.304. The van der Waals surface area contributed by atoms with Gasteiger partial charge in [-0.25, -0.2) is 4.79 Å². The Labute approximate surface area is 192 Å². The predicted octanol–water partition coefficient (Wildman–Crippen LogP) is 4.60. The first-order valence-corrected chi connectivity index (χ1v) is 12.8. The second-order valence-corrected chi connectivity index (χ2v) is 9.23. The van der Waals surface area contributed by atoms with E-state index in [1.165, 1.54) is 87.8 Å². The number of hydrogen-bond acceptors (Lipinski definition) is 5. The van der Waals surface area contributed by atoms with E-state index in [9.17, 15) is 14.7 Å². The molecular formula is C25H44N2O5. The van der Waals surface area contributed by atoms with E-state index in [1.807, 2.05) is 0 Å². The van der Waals surface area contributed by atoms with Crippen LogP contribution in [0.1, 0.15) is 109 Å². The Hall–Kier alpha value is -1.44. The maximum Gasteiger partial charge on any atom is 0.330 e. The minimum atomic E-state index is -0.689. The smallest absolute Gasteiger partial charge is 0.330 e. The number of aliphatic hydroxyl groups excluding tert-OH is 1. The van der Waals surface area contributed by atoms with Gasteiger partial charge in [0.05, 0.1) is 12.7 Å². The fraction of sp³-hybridized carbons (Fsp3) is 0.840. The second kappa shape index (κ2) is 15.4. The minimum Gasteiger partial charge on any atom is -0.390 e. The van der Waals surface area contributed by atoms with E-state index in [-0.39, 0.29) is 0 Å². The van der Waals surface area contributed by atoms with Crippen LogP contribution < -0.4 is 11.2 Å². The zero-order valence-corrected chi connectivity index (χ0v) is 20.2. The largest absolute Gasteiger partial charge is 0.390 e. The number of rotatable bonds is 17. The van der Waals surface area contributed by atoms with Crippen LogP contribution in [-0.4, -0.2) is 40.1 Å². The third kappa shape index (κ3) is 9.59. The first kappa shape index (κ1) is 26.8. The molecule has 0 saturated carbocycles. The summed E-state index contributed by atoms with van der Waals surface area (Å²) in [6.07, 6.45) is 17.2. The molecule has 3 atom stereocenters. The lowest BCUT2D eigenvalue weighted by molar-refractivity contribution is -0.0638. The summed E-state index contributed by atoms with van der Waals surface area (Å²) in [4.78, 5) is 25.8. The summed E-state index contributed by atoms with van der Waals surface area (Å²) in [6.45, 7) is 4.87. The van der Waals surface area contributed by atoms with Gasteiger partial charge in [-0.3, -0.25) is 14.3 Å². The molecule has 1 saturated heterocycles. The number of aliphatic hydroxyl groups is 1. The lowest BCUT2D eigenvalue weighted by Gasteiger charge is -2.16. The Kier molecular flexibility index (Phi) is 12.9. The molecule has 0 bridgehead atoms. The van der Waals surface area contributed by atoms with Gasteiger partial charge in [-0.2, -0.15) is 0 Å². The van der Waals surface area contributed by atoms with E-state index in [1.54, 1.807) is 6.92 Å². The van der Waals surface area contributed by atoms with Crippen molar-refractivity contribution in [3.8, 4) is 0 Å². The summed E-state index contributed by atoms with van der Waals surface area (Å²) < 4.78 is 12.9. The van der Waals surface area contributed by atoms with Gasteiger partial charge >= 0.3 is 5.69 Å². The Balaban J connectivity index is 1.47. The second-order valence-electron chi connectivity index (χ2n) is 9.23. The number of nitrogens with one attached hydrogen (secondary N) is 1. The molecule has 0 spiro atoms. The van der Waals surface area contributed by atoms with Crippen LogP contribution in [0.3, 0.4) is 0 Å². The summed E-state index contributed by atoms with van der Waals surface area (Å²) in [7, 11) is 0. The summed E-state index contributed by atoms with van der Waals surface area (Å²) in [6, 6.07) is 0. The van der Waals surface area contributed by atoms with Crippen LogP contribution in [0.25, 0.3) is 0 Å². The molecule has 32 heavy (non-hydrogen) atoms. The Morgan fingerprint density at radius 2 is 1.56 bits per heavy atom. The highest BCUT2D eigenvalue weighted by Crippen LogP contribution is 2.27. The molecule has 7 nitrogen and oxygen atoms in total. The average molecular weight is 453 g/mol. The molecule has 1 aromatic rings. The quantitative estimate of drug-likeness (QED) is 0.337. The van der Waals surface area contributed by atoms with E-state index in [2.05, 4.69) is 11.9 Å². The van der Waals surface area contributed by atoms with Crippen LogP contribution >= 0.6 is 0 Å². The van der Waals surface area contributed by atoms with Crippen molar-refractivity contribution < 1.29 is 14.6 Å². The number of unbranched alkanes of at least 4 members (excludes halogenated alkanes) is 12. The average Bonchev–Trinajstić information content (AvgIpc) is 3.13. The number of hydrogen-bond donors (Lipinski definition) is 2. The van der Waals surface area contributed by atoms with Crippen LogP contribution in [0.4, 0.5) is 0 Å². The van der Waals surface area contributed by atoms with Gasteiger partial charge in [-0.05, 0) is 13.3 Å². The van der Waals surface area contributed by atoms with Crippen molar-refractivity contribution in [3.05, 3.63) is 32.6 Å². The fourth-order valence-corrected chi connectivity index (χ4v) is 4.26. The molecule has 0 radical (unpaired) electrons. The number of nitrogens with zero attached hydrogens (tertiary/aromatic N) is 1. The van der Waals surface area contributed by atoms with Gasteiger partial charge in [0.2, 0.25) is 0 Å². The maximum atomic E-state index is 12.0. The lowest BCUT2D eigenvalue weighted by Crippen LogP contribution is -2.33. The number of H-pyrrole nitrogens is 1. The highest BCUT2D eigenvalue weighted by molar-refractivity contribution is 5.02. The Morgan fingerprint density at radius 1 is 1.00 bits per heavy atom. The van der Waals surface area contributed by atoms with Crippen LogP contribution in [0.15, 0.2) is 15.8 Å². The summed E-state index contributed by atoms with van der Waals surface area (Å²) in [5.41, 5.74) is -0.487. The molecule has 2 N–H and O–H groups in total. The SMILES string of the molecule is CCCCCCCCCCCCCCCOC[C@H]1O[C@@H](n2cc(C)c(=O)[nH]c2=O)C[C@@H]1O. The zero-order chi connectivity index (χ0) is 23.2. The summed E-state index contributed by atoms with van der Waals surface area (Å²) in [5.74, 6) is 0. The topological polar surface area (TPSA) is 93.5 Å². The van der Waals surface area contributed by atoms with Crippen molar-refractivity contribution in [1.82, 2.24) is 9.55 Å². The zero-order valence-electron chi connectivity index (χ0n) is 20.2. The highest BCUT2D eigenvalue weighted by atomic mass is 16.6. The molecule has 0 unspecified atom stereocenters. The molecular weight excluding hydrogens is 408 g/mol. The first-order chi connectivity index (χ1) is 15.5. The van der Waals surface area contributed by atoms with Crippen molar-refractivity contribution in [1.29, 1.82) is 0 Å². The standard InChI is InChI=1S/C25H44N2O5/c1-3-4-5-6-7-8-9-10-11-12-13-14-15-16-31-19-22-21(28)17-23(32-22)27-18-20(2)24(29)26-25(27)30/h18,21-23,28H,3-17,19H2,1-2H3,(H,26,29,30)/t21-,22+,23+/m0/s1. The lowest BCUT2D eigenvalue weighted by atomic mass is 10.0. The molecule has 0 aromatic carbocycles. The van der Waals surface area contributed by atoms with Crippen LogP contribution in [0.2, 0.25) is 0 Å². The molecule has 1 aromatic heterocycles. The van der Waals surface area contributed by atoms with Crippen molar-refractivity contribution in [2.24, 2.45) is 0 Å². The van der Waals surface area contributed by atoms with Crippen molar-refractivity contribution in [2.45, 2.75) is 122 Å². The molecule has 7 heteroatoms. The van der Waals surface area contributed by atoms with Crippen molar-refractivity contribution in [3.63, 3.8) is 0 Å². The van der Waals surface area contributed by atoms with Gasteiger partial charge in [-0.1, -0.05) is 84.0 Å². The van der Waals surface area contributed by atoms with Crippen LogP contribution in [-0.2, 0) is 9.47 Å². The van der Waals surface area contributed by atoms with E-state index in [0.29, 0.717) is 25.2 Å². The highest BCUT2D eigenvalue weighted by Gasteiger charge is 2.35. The van der Waals surface area contributed by atoms with Crippen LogP contribution in [0, 0.1) is 6.92 Å². The first-order valence-electron chi connectivity index (χ1n) is 12.8. The third-order valence-corrected chi connectivity index (χ3v) is 6.33. The molecule has 1 aliphatic heterocycles. The number of aromatic amines is 1. The number of ether oxygens (including phenoxy) is 2. The molecule has 2 heterocycles. The molecule has 0 amide bonds. The van der Waals surface area contributed by atoms with E-state index >= 15 is 0 Å². The van der Waals surface area contributed by atoms with Crippen LogP contribution in [0.5, 0.6) is 0 Å². The van der Waals surface area contributed by atoms with E-state index in [4.69, 9.17) is 9.47 Å². The molecule has 1 fully saturated rings. The van der Waals surface area contributed by atoms with Gasteiger partial charge in [0.1, 0.15) is 12.3 Å². The van der Waals surface area contributed by atoms with Gasteiger partial charge in [0.25, 0.3) is 5.56 Å². The van der Waals surface area contributed by atoms with E-state index in [0.717, 1.165) is 6.42 Å². The normalized spacial score (nSPS) is 20.8. The predicted molar refractivity (Wildman–Crippen MR) is 127 cm³/mol. The van der Waals surface area contributed by atoms with Crippen molar-refractivity contribution >= 4 is 0 Å². The monoisotopic (exact) mass is 452 g/mol. The maximum absolute atomic E-state index is 12.0. The van der Waals surface area contributed by atoms with Gasteiger partial charge in [0.15, 0.2) is 0 Å². The summed E-state index contributed by atoms with van der Waals surface area (Å²) in [5, 5.41) is 10.3. The molecule has 2 rings (SSSR count). The molecule has 184 valence electrons. The number of aryl methyl sites for hydroxylation is 1. The Bertz CT molecular complexity index is 745. The van der Waals surface area contributed by atoms with E-state index < -0.39 is 29.7 Å². The Morgan fingerprint density at radius 3 is 2.16 bits per heavy atom. The summed E-state index contributed by atoms with van der Waals surface area (Å²) >= 11 is 0. The van der Waals surface area contributed by atoms with Gasteiger partial charge in [-0.15, -0.1) is 0 Å². The van der Waals surface area contributed by atoms with Crippen molar-refractivity contribution in [2.75, 3.05) is 13.2 Å². The third-order valence-electron chi connectivity index (χ3n) is 6.33. The van der Waals surface area contributed by atoms with Gasteiger partial charge < -0.3 is 14.6 Å². The fourth-order valence-electron chi connectivity index (χ4n) is 4.26.